The van der Waals surface area contributed by atoms with Crippen LogP contribution >= 0.6 is 35.0 Å². The molecule has 6 nitrogen and oxygen atoms in total. The van der Waals surface area contributed by atoms with Gasteiger partial charge in [0.15, 0.2) is 0 Å². The van der Waals surface area contributed by atoms with Crippen LogP contribution in [0.15, 0.2) is 77.8 Å². The summed E-state index contributed by atoms with van der Waals surface area (Å²) in [6, 6.07) is 21.3. The fourth-order valence-electron chi connectivity index (χ4n) is 5.08. The first-order valence-corrected chi connectivity index (χ1v) is 14.1. The minimum absolute atomic E-state index is 0.232. The quantitative estimate of drug-likeness (QED) is 0.251. The topological polar surface area (TPSA) is 62.6 Å². The summed E-state index contributed by atoms with van der Waals surface area (Å²) in [7, 11) is 0. The molecule has 6 rings (SSSR count). The number of benzene rings is 3. The van der Waals surface area contributed by atoms with Crippen molar-refractivity contribution in [2.24, 2.45) is 0 Å². The van der Waals surface area contributed by atoms with E-state index in [1.807, 2.05) is 54.7 Å². The molecule has 196 valence electrons. The molecule has 0 unspecified atom stereocenters. The maximum atomic E-state index is 13.3. The van der Waals surface area contributed by atoms with Crippen LogP contribution in [0.5, 0.6) is 0 Å². The second kappa shape index (κ2) is 10.6. The van der Waals surface area contributed by atoms with Crippen molar-refractivity contribution in [1.82, 2.24) is 14.4 Å². The standard InChI is InChI=1S/C30H23Cl2N3O3S/c31-23-10-9-21(25(32)14-23)16-34-17-22(24-7-3-4-8-26(24)34)13-27-29(37)35(30(38)39-27)18-28(36)33-12-11-19-5-1-2-6-20(19)15-33/h1-10,13-14,17H,11-12,15-16,18H2/b27-13+. The third kappa shape index (κ3) is 5.10. The van der Waals surface area contributed by atoms with Crippen LogP contribution in [0.25, 0.3) is 17.0 Å². The van der Waals surface area contributed by atoms with Crippen LogP contribution in [0.2, 0.25) is 10.0 Å². The molecule has 2 aliphatic heterocycles. The number of carbonyl (C=O) groups is 3. The van der Waals surface area contributed by atoms with Gasteiger partial charge in [0.05, 0.1) is 4.91 Å². The van der Waals surface area contributed by atoms with Crippen molar-refractivity contribution in [3.63, 3.8) is 0 Å². The van der Waals surface area contributed by atoms with E-state index in [-0.39, 0.29) is 12.5 Å². The van der Waals surface area contributed by atoms with Crippen molar-refractivity contribution < 1.29 is 14.4 Å². The van der Waals surface area contributed by atoms with Gasteiger partial charge in [-0.3, -0.25) is 19.3 Å². The number of nitrogens with zero attached hydrogens (tertiary/aromatic N) is 3. The molecule has 0 atom stereocenters. The van der Waals surface area contributed by atoms with Crippen LogP contribution in [0.3, 0.4) is 0 Å². The Balaban J connectivity index is 1.23. The average molecular weight is 577 g/mol. The van der Waals surface area contributed by atoms with Crippen LogP contribution in [0.1, 0.15) is 22.3 Å². The lowest BCUT2D eigenvalue weighted by molar-refractivity contribution is -0.136. The van der Waals surface area contributed by atoms with Gasteiger partial charge < -0.3 is 9.47 Å². The van der Waals surface area contributed by atoms with Crippen molar-refractivity contribution in [3.8, 4) is 0 Å². The highest BCUT2D eigenvalue weighted by Crippen LogP contribution is 2.35. The average Bonchev–Trinajstić information content (AvgIpc) is 3.41. The zero-order chi connectivity index (χ0) is 27.1. The van der Waals surface area contributed by atoms with E-state index in [0.717, 1.165) is 50.7 Å². The maximum absolute atomic E-state index is 13.3. The third-order valence-electron chi connectivity index (χ3n) is 7.11. The number of aromatic nitrogens is 1. The molecule has 2 aliphatic rings. The predicted octanol–water partition coefficient (Wildman–Crippen LogP) is 6.62. The lowest BCUT2D eigenvalue weighted by atomic mass is 10.00. The van der Waals surface area contributed by atoms with Gasteiger partial charge in [0.2, 0.25) is 5.91 Å². The van der Waals surface area contributed by atoms with Crippen molar-refractivity contribution in [2.75, 3.05) is 13.1 Å². The molecule has 1 aromatic heterocycles. The molecule has 4 aromatic rings. The Morgan fingerprint density at radius 1 is 0.974 bits per heavy atom. The summed E-state index contributed by atoms with van der Waals surface area (Å²) in [5, 5.41) is 1.65. The predicted molar refractivity (Wildman–Crippen MR) is 156 cm³/mol. The number of carbonyl (C=O) groups excluding carboxylic acids is 3. The monoisotopic (exact) mass is 575 g/mol. The number of hydrogen-bond donors (Lipinski definition) is 0. The van der Waals surface area contributed by atoms with E-state index < -0.39 is 11.1 Å². The number of para-hydroxylation sites is 1. The van der Waals surface area contributed by atoms with Gasteiger partial charge in [0.1, 0.15) is 6.54 Å². The number of amides is 3. The molecule has 0 N–H and O–H groups in total. The van der Waals surface area contributed by atoms with Gasteiger partial charge in [-0.25, -0.2) is 0 Å². The van der Waals surface area contributed by atoms with Crippen LogP contribution in [-0.4, -0.2) is 44.5 Å². The Morgan fingerprint density at radius 3 is 2.56 bits per heavy atom. The summed E-state index contributed by atoms with van der Waals surface area (Å²) in [5.74, 6) is -0.683. The maximum Gasteiger partial charge on any atom is 0.294 e. The van der Waals surface area contributed by atoms with Gasteiger partial charge in [-0.2, -0.15) is 0 Å². The Morgan fingerprint density at radius 2 is 1.74 bits per heavy atom. The van der Waals surface area contributed by atoms with E-state index in [0.29, 0.717) is 34.6 Å². The SMILES string of the molecule is O=C(CN1C(=O)S/C(=C/c2cn(Cc3ccc(Cl)cc3Cl)c3ccccc23)C1=O)N1CCc2ccccc2C1. The Labute approximate surface area is 239 Å². The van der Waals surface area contributed by atoms with E-state index in [1.54, 1.807) is 23.1 Å². The summed E-state index contributed by atoms with van der Waals surface area (Å²) in [4.78, 5) is 42.2. The highest BCUT2D eigenvalue weighted by Gasteiger charge is 2.37. The Bertz CT molecular complexity index is 1680. The second-order valence-corrected chi connectivity index (χ2v) is 11.4. The van der Waals surface area contributed by atoms with Crippen LogP contribution in [0, 0.1) is 0 Å². The molecule has 1 fully saturated rings. The third-order valence-corrected chi connectivity index (χ3v) is 8.61. The highest BCUT2D eigenvalue weighted by molar-refractivity contribution is 8.18. The second-order valence-electron chi connectivity index (χ2n) is 9.57. The molecule has 3 heterocycles. The number of thioether (sulfide) groups is 1. The molecular formula is C30H23Cl2N3O3S. The van der Waals surface area contributed by atoms with E-state index in [2.05, 4.69) is 10.6 Å². The van der Waals surface area contributed by atoms with Crippen LogP contribution in [0.4, 0.5) is 4.79 Å². The summed E-state index contributed by atoms with van der Waals surface area (Å²) < 4.78 is 2.05. The molecule has 0 aliphatic carbocycles. The largest absolute Gasteiger partial charge is 0.342 e. The first-order valence-electron chi connectivity index (χ1n) is 12.5. The molecule has 39 heavy (non-hydrogen) atoms. The van der Waals surface area contributed by atoms with Gasteiger partial charge in [0, 0.05) is 52.3 Å². The minimum atomic E-state index is -0.451. The van der Waals surface area contributed by atoms with E-state index in [9.17, 15) is 14.4 Å². The van der Waals surface area contributed by atoms with Crippen LogP contribution in [-0.2, 0) is 29.1 Å². The molecule has 3 amide bonds. The molecule has 0 saturated carbocycles. The zero-order valence-electron chi connectivity index (χ0n) is 20.8. The summed E-state index contributed by atoms with van der Waals surface area (Å²) in [6.07, 6.45) is 4.43. The smallest absolute Gasteiger partial charge is 0.294 e. The van der Waals surface area contributed by atoms with Gasteiger partial charge in [-0.15, -0.1) is 0 Å². The minimum Gasteiger partial charge on any atom is -0.342 e. The zero-order valence-corrected chi connectivity index (χ0v) is 23.1. The Hall–Kier alpha value is -3.52. The normalized spacial score (nSPS) is 16.4. The van der Waals surface area contributed by atoms with E-state index in [4.69, 9.17) is 23.2 Å². The van der Waals surface area contributed by atoms with Crippen molar-refractivity contribution in [2.45, 2.75) is 19.5 Å². The van der Waals surface area contributed by atoms with Gasteiger partial charge in [-0.1, -0.05) is 71.7 Å². The number of fused-ring (bicyclic) bond motifs is 2. The number of imide groups is 1. The fourth-order valence-corrected chi connectivity index (χ4v) is 6.37. The van der Waals surface area contributed by atoms with Crippen LogP contribution < -0.4 is 0 Å². The highest BCUT2D eigenvalue weighted by atomic mass is 35.5. The molecule has 0 bridgehead atoms. The first kappa shape index (κ1) is 25.7. The van der Waals surface area contributed by atoms with Gasteiger partial charge in [0.25, 0.3) is 11.1 Å². The van der Waals surface area contributed by atoms with E-state index in [1.165, 1.54) is 5.56 Å². The van der Waals surface area contributed by atoms with Crippen molar-refractivity contribution in [3.05, 3.63) is 110 Å². The van der Waals surface area contributed by atoms with E-state index >= 15 is 0 Å². The molecule has 0 spiro atoms. The molecule has 9 heteroatoms. The number of halogens is 2. The number of hydrogen-bond acceptors (Lipinski definition) is 4. The molecular weight excluding hydrogens is 553 g/mol. The lowest BCUT2D eigenvalue weighted by Crippen LogP contribution is -2.44. The van der Waals surface area contributed by atoms with Crippen molar-refractivity contribution >= 4 is 69.0 Å². The van der Waals surface area contributed by atoms with Crippen molar-refractivity contribution in [1.29, 1.82) is 0 Å². The first-order chi connectivity index (χ1) is 18.9. The number of rotatable bonds is 5. The molecule has 0 radical (unpaired) electrons. The summed E-state index contributed by atoms with van der Waals surface area (Å²) >= 11 is 13.3. The summed E-state index contributed by atoms with van der Waals surface area (Å²) in [6.45, 7) is 1.30. The lowest BCUT2D eigenvalue weighted by Gasteiger charge is -2.29. The molecule has 3 aromatic carbocycles. The van der Waals surface area contributed by atoms with Gasteiger partial charge >= 0.3 is 0 Å². The fraction of sp³-hybridized carbons (Fsp3) is 0.167. The van der Waals surface area contributed by atoms with Gasteiger partial charge in [-0.05, 0) is 59.1 Å². The Kier molecular flexibility index (Phi) is 6.97. The summed E-state index contributed by atoms with van der Waals surface area (Å²) in [5.41, 5.74) is 5.01. The molecule has 1 saturated heterocycles.